The summed E-state index contributed by atoms with van der Waals surface area (Å²) < 4.78 is 0. The molecule has 0 saturated heterocycles. The molecule has 150 valence electrons. The monoisotopic (exact) mass is 360 g/mol. The van der Waals surface area contributed by atoms with Crippen molar-refractivity contribution in [1.82, 2.24) is 16.0 Å². The van der Waals surface area contributed by atoms with Gasteiger partial charge >= 0.3 is 6.03 Å². The molecular formula is C18H40N4O3. The van der Waals surface area contributed by atoms with E-state index in [1.807, 2.05) is 48.5 Å². The maximum absolute atomic E-state index is 12.2. The summed E-state index contributed by atoms with van der Waals surface area (Å²) in [5.41, 5.74) is 4.96. The second-order valence-electron chi connectivity index (χ2n) is 5.38. The van der Waals surface area contributed by atoms with Crippen molar-refractivity contribution in [2.45, 2.75) is 80.3 Å². The van der Waals surface area contributed by atoms with E-state index in [1.54, 1.807) is 0 Å². The minimum Gasteiger partial charge on any atom is -0.352 e. The third kappa shape index (κ3) is 15.6. The zero-order valence-corrected chi connectivity index (χ0v) is 17.4. The average molecular weight is 361 g/mol. The van der Waals surface area contributed by atoms with Gasteiger partial charge in [-0.1, -0.05) is 48.5 Å². The molecule has 0 aromatic rings. The van der Waals surface area contributed by atoms with Crippen LogP contribution in [0.25, 0.3) is 0 Å². The second kappa shape index (κ2) is 18.7. The van der Waals surface area contributed by atoms with Gasteiger partial charge in [-0.2, -0.15) is 0 Å². The minimum absolute atomic E-state index is 0.0959. The molecule has 0 spiro atoms. The molecule has 0 aliphatic heterocycles. The van der Waals surface area contributed by atoms with Crippen molar-refractivity contribution < 1.29 is 14.4 Å². The van der Waals surface area contributed by atoms with Gasteiger partial charge < -0.3 is 21.7 Å². The predicted octanol–water partition coefficient (Wildman–Crippen LogP) is 2.20. The molecule has 0 aliphatic rings. The SMILES string of the molecule is CC.CC.CCNC(C(=O)NC(CCCNC(N)=O)C(C)=O)C(C)C. The molecule has 25 heavy (non-hydrogen) atoms. The van der Waals surface area contributed by atoms with E-state index in [2.05, 4.69) is 16.0 Å². The molecule has 0 aromatic heterocycles. The normalized spacial score (nSPS) is 11.9. The van der Waals surface area contributed by atoms with E-state index in [0.29, 0.717) is 25.9 Å². The van der Waals surface area contributed by atoms with Crippen LogP contribution in [0.4, 0.5) is 4.79 Å². The number of Topliss-reactive ketones (excluding diaryl/α,β-unsaturated/α-hetero) is 1. The maximum Gasteiger partial charge on any atom is 0.312 e. The summed E-state index contributed by atoms with van der Waals surface area (Å²) in [5, 5.41) is 8.34. The van der Waals surface area contributed by atoms with E-state index in [1.165, 1.54) is 6.92 Å². The van der Waals surface area contributed by atoms with Crippen molar-refractivity contribution in [2.24, 2.45) is 11.7 Å². The lowest BCUT2D eigenvalue weighted by molar-refractivity contribution is -0.129. The van der Waals surface area contributed by atoms with Crippen molar-refractivity contribution in [3.8, 4) is 0 Å². The van der Waals surface area contributed by atoms with Crippen LogP contribution < -0.4 is 21.7 Å². The molecular weight excluding hydrogens is 320 g/mol. The Labute approximate surface area is 153 Å². The Bertz CT molecular complexity index is 360. The number of hydrogen-bond acceptors (Lipinski definition) is 4. The number of carbonyl (C=O) groups excluding carboxylic acids is 3. The first-order chi connectivity index (χ1) is 11.8. The highest BCUT2D eigenvalue weighted by Gasteiger charge is 2.25. The summed E-state index contributed by atoms with van der Waals surface area (Å²) in [6.45, 7) is 16.4. The van der Waals surface area contributed by atoms with Gasteiger partial charge in [0.25, 0.3) is 0 Å². The van der Waals surface area contributed by atoms with Crippen LogP contribution in [0.3, 0.4) is 0 Å². The fourth-order valence-electron chi connectivity index (χ4n) is 2.01. The molecule has 2 unspecified atom stereocenters. The number of likely N-dealkylation sites (N-methyl/N-ethyl adjacent to an activating group) is 1. The van der Waals surface area contributed by atoms with Gasteiger partial charge in [-0.05, 0) is 32.2 Å². The largest absolute Gasteiger partial charge is 0.352 e. The predicted molar refractivity (Wildman–Crippen MR) is 104 cm³/mol. The Morgan fingerprint density at radius 3 is 1.92 bits per heavy atom. The van der Waals surface area contributed by atoms with E-state index < -0.39 is 12.1 Å². The topological polar surface area (TPSA) is 113 Å². The Morgan fingerprint density at radius 2 is 1.56 bits per heavy atom. The van der Waals surface area contributed by atoms with E-state index >= 15 is 0 Å². The number of ketones is 1. The van der Waals surface area contributed by atoms with Crippen molar-refractivity contribution in [3.05, 3.63) is 0 Å². The molecule has 7 heteroatoms. The summed E-state index contributed by atoms with van der Waals surface area (Å²) in [6, 6.07) is -1.45. The molecule has 0 radical (unpaired) electrons. The highest BCUT2D eigenvalue weighted by Crippen LogP contribution is 2.04. The third-order valence-corrected chi connectivity index (χ3v) is 3.15. The van der Waals surface area contributed by atoms with Gasteiger partial charge in [0.1, 0.15) is 0 Å². The molecule has 2 atom stereocenters. The average Bonchev–Trinajstić information content (AvgIpc) is 2.58. The lowest BCUT2D eigenvalue weighted by atomic mass is 10.0. The summed E-state index contributed by atoms with van der Waals surface area (Å²) in [4.78, 5) is 34.4. The minimum atomic E-state index is -0.592. The van der Waals surface area contributed by atoms with E-state index in [-0.39, 0.29) is 23.7 Å². The van der Waals surface area contributed by atoms with Crippen LogP contribution >= 0.6 is 0 Å². The fourth-order valence-corrected chi connectivity index (χ4v) is 2.01. The summed E-state index contributed by atoms with van der Waals surface area (Å²) in [7, 11) is 0. The molecule has 0 aliphatic carbocycles. The third-order valence-electron chi connectivity index (χ3n) is 3.15. The molecule has 0 bridgehead atoms. The van der Waals surface area contributed by atoms with Gasteiger partial charge in [0.15, 0.2) is 5.78 Å². The number of nitrogens with two attached hydrogens (primary N) is 1. The first-order valence-electron chi connectivity index (χ1n) is 9.37. The first kappa shape index (κ1) is 28.2. The standard InChI is InChI=1S/C14H28N4O3.2C2H6/c1-5-16-12(9(2)3)13(20)18-11(10(4)19)7-6-8-17-14(15)21;2*1-2/h9,11-12,16H,5-8H2,1-4H3,(H,18,20)(H3,15,17,21);2*1-2H3. The lowest BCUT2D eigenvalue weighted by Crippen LogP contribution is -2.52. The van der Waals surface area contributed by atoms with Gasteiger partial charge in [0.05, 0.1) is 12.1 Å². The van der Waals surface area contributed by atoms with Crippen molar-refractivity contribution in [3.63, 3.8) is 0 Å². The van der Waals surface area contributed by atoms with Crippen LogP contribution in [0.5, 0.6) is 0 Å². The van der Waals surface area contributed by atoms with Crippen LogP contribution in [0.15, 0.2) is 0 Å². The molecule has 0 saturated carbocycles. The number of carbonyl (C=O) groups is 3. The molecule has 0 aromatic carbocycles. The van der Waals surface area contributed by atoms with Gasteiger partial charge in [0, 0.05) is 6.54 Å². The Kier molecular flexibility index (Phi) is 21.1. The maximum atomic E-state index is 12.2. The molecule has 0 rings (SSSR count). The van der Waals surface area contributed by atoms with Crippen molar-refractivity contribution in [1.29, 1.82) is 0 Å². The fraction of sp³-hybridized carbons (Fsp3) is 0.833. The van der Waals surface area contributed by atoms with Crippen LogP contribution in [-0.2, 0) is 9.59 Å². The van der Waals surface area contributed by atoms with Gasteiger partial charge in [-0.25, -0.2) is 4.79 Å². The number of hydrogen-bond donors (Lipinski definition) is 4. The summed E-state index contributed by atoms with van der Waals surface area (Å²) in [5.74, 6) is -0.134. The Hall–Kier alpha value is -1.63. The van der Waals surface area contributed by atoms with Crippen molar-refractivity contribution >= 4 is 17.7 Å². The van der Waals surface area contributed by atoms with Crippen LogP contribution in [0.1, 0.15) is 68.2 Å². The smallest absolute Gasteiger partial charge is 0.312 e. The van der Waals surface area contributed by atoms with Gasteiger partial charge in [-0.3, -0.25) is 9.59 Å². The molecule has 7 nitrogen and oxygen atoms in total. The molecule has 3 amide bonds. The van der Waals surface area contributed by atoms with E-state index in [9.17, 15) is 14.4 Å². The van der Waals surface area contributed by atoms with Crippen LogP contribution in [-0.4, -0.2) is 42.9 Å². The molecule has 0 fully saturated rings. The van der Waals surface area contributed by atoms with Crippen LogP contribution in [0.2, 0.25) is 0 Å². The highest BCUT2D eigenvalue weighted by molar-refractivity contribution is 5.89. The van der Waals surface area contributed by atoms with Gasteiger partial charge in [0.2, 0.25) is 5.91 Å². The van der Waals surface area contributed by atoms with Crippen molar-refractivity contribution in [2.75, 3.05) is 13.1 Å². The summed E-state index contributed by atoms with van der Waals surface area (Å²) >= 11 is 0. The lowest BCUT2D eigenvalue weighted by Gasteiger charge is -2.24. The number of amides is 3. The molecule has 0 heterocycles. The quantitative estimate of drug-likeness (QED) is 0.447. The van der Waals surface area contributed by atoms with Gasteiger partial charge in [-0.15, -0.1) is 0 Å². The Balaban J connectivity index is -0.00000112. The molecule has 5 N–H and O–H groups in total. The zero-order chi connectivity index (χ0) is 20.4. The number of primary amides is 1. The van der Waals surface area contributed by atoms with Crippen LogP contribution in [0, 0.1) is 5.92 Å². The van der Waals surface area contributed by atoms with E-state index in [0.717, 1.165) is 0 Å². The number of rotatable bonds is 10. The number of urea groups is 1. The number of nitrogens with one attached hydrogen (secondary N) is 3. The summed E-state index contributed by atoms with van der Waals surface area (Å²) in [6.07, 6.45) is 1.04. The zero-order valence-electron chi connectivity index (χ0n) is 17.4. The van der Waals surface area contributed by atoms with E-state index in [4.69, 9.17) is 5.73 Å². The highest BCUT2D eigenvalue weighted by atomic mass is 16.2. The first-order valence-corrected chi connectivity index (χ1v) is 9.37. The second-order valence-corrected chi connectivity index (χ2v) is 5.38. The Morgan fingerprint density at radius 1 is 1.04 bits per heavy atom.